The van der Waals surface area contributed by atoms with E-state index >= 15 is 0 Å². The molecular weight excluding hydrogens is 522 g/mol. The zero-order chi connectivity index (χ0) is 29.5. The van der Waals surface area contributed by atoms with Crippen LogP contribution in [0.25, 0.3) is 0 Å². The summed E-state index contributed by atoms with van der Waals surface area (Å²) in [6.07, 6.45) is 0. The van der Waals surface area contributed by atoms with Crippen LogP contribution in [0.2, 0.25) is 0 Å². The quantitative estimate of drug-likeness (QED) is 0.436. The average Bonchev–Trinajstić information content (AvgIpc) is 2.93. The molecule has 0 radical (unpaired) electrons. The number of urea groups is 2. The molecule has 2 aromatic rings. The van der Waals surface area contributed by atoms with Crippen LogP contribution >= 0.6 is 0 Å². The summed E-state index contributed by atoms with van der Waals surface area (Å²) in [5.74, 6) is 0.810. The van der Waals surface area contributed by atoms with Gasteiger partial charge in [-0.1, -0.05) is 30.3 Å². The molecule has 2 unspecified atom stereocenters. The SMILES string of the molecule is CCOC(=O)C1=C(CN2CCN(C(=O)NC(C)C)C(C)C2)N(CC)C(=O)NC1c1cccc(Oc2ccccc2)c1. The van der Waals surface area contributed by atoms with Crippen LogP contribution in [-0.4, -0.2) is 84.1 Å². The summed E-state index contributed by atoms with van der Waals surface area (Å²) >= 11 is 0. The second-order valence-electron chi connectivity index (χ2n) is 10.6. The van der Waals surface area contributed by atoms with Gasteiger partial charge in [0.15, 0.2) is 0 Å². The number of carbonyl (C=O) groups excluding carboxylic acids is 3. The summed E-state index contributed by atoms with van der Waals surface area (Å²) in [6, 6.07) is 15.8. The molecule has 2 heterocycles. The van der Waals surface area contributed by atoms with Gasteiger partial charge in [0.1, 0.15) is 11.5 Å². The van der Waals surface area contributed by atoms with Crippen molar-refractivity contribution in [1.82, 2.24) is 25.3 Å². The number of ether oxygens (including phenoxy) is 2. The van der Waals surface area contributed by atoms with Gasteiger partial charge in [0.2, 0.25) is 0 Å². The molecule has 1 fully saturated rings. The fourth-order valence-corrected chi connectivity index (χ4v) is 5.31. The molecule has 2 aliphatic rings. The second kappa shape index (κ2) is 13.5. The number of para-hydroxylation sites is 1. The molecule has 41 heavy (non-hydrogen) atoms. The predicted molar refractivity (Wildman–Crippen MR) is 157 cm³/mol. The van der Waals surface area contributed by atoms with Crippen molar-refractivity contribution in [1.29, 1.82) is 0 Å². The maximum atomic E-state index is 13.5. The highest BCUT2D eigenvalue weighted by atomic mass is 16.5. The smallest absolute Gasteiger partial charge is 0.338 e. The third kappa shape index (κ3) is 7.18. The standard InChI is InChI=1S/C31H41N5O5/c1-6-35-26(20-34-16-17-36(22(5)19-34)30(38)32-21(3)4)27(29(37)40-7-2)28(33-31(35)39)23-12-11-15-25(18-23)41-24-13-9-8-10-14-24/h8-15,18,21-22,28H,6-7,16-17,19-20H2,1-5H3,(H,32,38)(H,33,39). The molecule has 4 rings (SSSR count). The number of carbonyl (C=O) groups is 3. The average molecular weight is 564 g/mol. The van der Waals surface area contributed by atoms with E-state index in [0.29, 0.717) is 61.1 Å². The third-order valence-electron chi connectivity index (χ3n) is 7.18. The van der Waals surface area contributed by atoms with Gasteiger partial charge in [0, 0.05) is 50.5 Å². The molecule has 2 aromatic carbocycles. The van der Waals surface area contributed by atoms with Crippen LogP contribution in [0, 0.1) is 0 Å². The summed E-state index contributed by atoms with van der Waals surface area (Å²) in [5.41, 5.74) is 1.73. The highest BCUT2D eigenvalue weighted by Gasteiger charge is 2.39. The number of esters is 1. The Hall–Kier alpha value is -4.05. The minimum atomic E-state index is -0.714. The number of amides is 4. The minimum Gasteiger partial charge on any atom is -0.463 e. The zero-order valence-electron chi connectivity index (χ0n) is 24.6. The van der Waals surface area contributed by atoms with Gasteiger partial charge in [-0.15, -0.1) is 0 Å². The number of piperazine rings is 1. The fraction of sp³-hybridized carbons (Fsp3) is 0.452. The van der Waals surface area contributed by atoms with E-state index in [1.807, 2.05) is 87.2 Å². The predicted octanol–water partition coefficient (Wildman–Crippen LogP) is 4.51. The zero-order valence-corrected chi connectivity index (χ0v) is 24.6. The van der Waals surface area contributed by atoms with E-state index in [1.165, 1.54) is 0 Å². The lowest BCUT2D eigenvalue weighted by molar-refractivity contribution is -0.139. The van der Waals surface area contributed by atoms with Crippen LogP contribution in [0.4, 0.5) is 9.59 Å². The van der Waals surface area contributed by atoms with Gasteiger partial charge in [0.25, 0.3) is 0 Å². The fourth-order valence-electron chi connectivity index (χ4n) is 5.31. The number of nitrogens with one attached hydrogen (secondary N) is 2. The Morgan fingerprint density at radius 2 is 1.78 bits per heavy atom. The number of nitrogens with zero attached hydrogens (tertiary/aromatic N) is 3. The van der Waals surface area contributed by atoms with E-state index in [-0.39, 0.29) is 30.8 Å². The highest BCUT2D eigenvalue weighted by molar-refractivity contribution is 5.95. The summed E-state index contributed by atoms with van der Waals surface area (Å²) in [6.45, 7) is 12.3. The van der Waals surface area contributed by atoms with Gasteiger partial charge in [-0.3, -0.25) is 9.80 Å². The highest BCUT2D eigenvalue weighted by Crippen LogP contribution is 2.34. The Kier molecular flexibility index (Phi) is 9.88. The van der Waals surface area contributed by atoms with Crippen molar-refractivity contribution in [3.8, 4) is 11.5 Å². The first-order chi connectivity index (χ1) is 19.7. The van der Waals surface area contributed by atoms with E-state index in [2.05, 4.69) is 15.5 Å². The molecular formula is C31H41N5O5. The van der Waals surface area contributed by atoms with Gasteiger partial charge in [0.05, 0.1) is 18.2 Å². The van der Waals surface area contributed by atoms with Crippen LogP contribution in [0.5, 0.6) is 11.5 Å². The summed E-state index contributed by atoms with van der Waals surface area (Å²) in [5, 5.41) is 5.99. The molecule has 10 heteroatoms. The largest absolute Gasteiger partial charge is 0.463 e. The van der Waals surface area contributed by atoms with E-state index in [1.54, 1.807) is 11.8 Å². The molecule has 2 N–H and O–H groups in total. The number of likely N-dealkylation sites (N-methyl/N-ethyl adjacent to an activating group) is 1. The molecule has 0 saturated carbocycles. The molecule has 4 amide bonds. The van der Waals surface area contributed by atoms with Crippen LogP contribution in [0.1, 0.15) is 46.2 Å². The van der Waals surface area contributed by atoms with Crippen molar-refractivity contribution in [3.05, 3.63) is 71.4 Å². The Labute approximate surface area is 242 Å². The third-order valence-corrected chi connectivity index (χ3v) is 7.18. The Balaban J connectivity index is 1.66. The molecule has 0 bridgehead atoms. The van der Waals surface area contributed by atoms with Gasteiger partial charge >= 0.3 is 18.0 Å². The lowest BCUT2D eigenvalue weighted by Crippen LogP contribution is -2.58. The van der Waals surface area contributed by atoms with Crippen molar-refractivity contribution in [2.24, 2.45) is 0 Å². The van der Waals surface area contributed by atoms with Crippen LogP contribution in [0.15, 0.2) is 65.9 Å². The van der Waals surface area contributed by atoms with Crippen molar-refractivity contribution in [2.45, 2.75) is 52.7 Å². The van der Waals surface area contributed by atoms with Crippen LogP contribution in [-0.2, 0) is 9.53 Å². The number of hydrogen-bond acceptors (Lipinski definition) is 6. The van der Waals surface area contributed by atoms with E-state index in [4.69, 9.17) is 9.47 Å². The normalized spacial score (nSPS) is 19.7. The van der Waals surface area contributed by atoms with Crippen molar-refractivity contribution >= 4 is 18.0 Å². The number of hydrogen-bond donors (Lipinski definition) is 2. The number of benzene rings is 2. The van der Waals surface area contributed by atoms with Gasteiger partial charge in [-0.2, -0.15) is 0 Å². The summed E-state index contributed by atoms with van der Waals surface area (Å²) in [7, 11) is 0. The van der Waals surface area contributed by atoms with Gasteiger partial charge in [-0.25, -0.2) is 14.4 Å². The lowest BCUT2D eigenvalue weighted by Gasteiger charge is -2.43. The van der Waals surface area contributed by atoms with E-state index < -0.39 is 12.0 Å². The summed E-state index contributed by atoms with van der Waals surface area (Å²) in [4.78, 5) is 45.2. The maximum absolute atomic E-state index is 13.5. The Morgan fingerprint density at radius 1 is 1.05 bits per heavy atom. The second-order valence-corrected chi connectivity index (χ2v) is 10.6. The topological polar surface area (TPSA) is 103 Å². The molecule has 0 spiro atoms. The lowest BCUT2D eigenvalue weighted by atomic mass is 9.93. The Morgan fingerprint density at radius 3 is 2.44 bits per heavy atom. The van der Waals surface area contributed by atoms with Crippen molar-refractivity contribution < 1.29 is 23.9 Å². The molecule has 2 aliphatic heterocycles. The molecule has 0 aromatic heterocycles. The first-order valence-corrected chi connectivity index (χ1v) is 14.3. The molecule has 2 atom stereocenters. The molecule has 220 valence electrons. The maximum Gasteiger partial charge on any atom is 0.338 e. The first-order valence-electron chi connectivity index (χ1n) is 14.3. The van der Waals surface area contributed by atoms with Gasteiger partial charge in [-0.05, 0) is 64.4 Å². The first kappa shape index (κ1) is 29.9. The van der Waals surface area contributed by atoms with Gasteiger partial charge < -0.3 is 25.0 Å². The van der Waals surface area contributed by atoms with Crippen LogP contribution in [0.3, 0.4) is 0 Å². The van der Waals surface area contributed by atoms with E-state index in [0.717, 1.165) is 0 Å². The minimum absolute atomic E-state index is 0.0377. The monoisotopic (exact) mass is 563 g/mol. The van der Waals surface area contributed by atoms with Crippen molar-refractivity contribution in [3.63, 3.8) is 0 Å². The molecule has 0 aliphatic carbocycles. The summed E-state index contributed by atoms with van der Waals surface area (Å²) < 4.78 is 11.6. The van der Waals surface area contributed by atoms with Crippen LogP contribution < -0.4 is 15.4 Å². The molecule has 10 nitrogen and oxygen atoms in total. The molecule has 1 saturated heterocycles. The Bertz CT molecular complexity index is 1260. The number of rotatable bonds is 9. The van der Waals surface area contributed by atoms with E-state index in [9.17, 15) is 14.4 Å². The van der Waals surface area contributed by atoms with Crippen molar-refractivity contribution in [2.75, 3.05) is 39.3 Å².